The van der Waals surface area contributed by atoms with Gasteiger partial charge in [-0.1, -0.05) is 48.5 Å². The summed E-state index contributed by atoms with van der Waals surface area (Å²) in [7, 11) is 0. The molecule has 1 saturated heterocycles. The molecule has 1 aliphatic carbocycles. The summed E-state index contributed by atoms with van der Waals surface area (Å²) in [6, 6.07) is 19.3. The van der Waals surface area contributed by atoms with Gasteiger partial charge in [-0.3, -0.25) is 14.0 Å². The van der Waals surface area contributed by atoms with E-state index >= 15 is 0 Å². The fourth-order valence-corrected chi connectivity index (χ4v) is 4.75. The fourth-order valence-electron chi connectivity index (χ4n) is 4.75. The van der Waals surface area contributed by atoms with Crippen LogP contribution < -0.4 is 5.69 Å². The Morgan fingerprint density at radius 1 is 0.970 bits per heavy atom. The summed E-state index contributed by atoms with van der Waals surface area (Å²) in [5.41, 5.74) is 4.55. The second-order valence-corrected chi connectivity index (χ2v) is 9.49. The van der Waals surface area contributed by atoms with Crippen molar-refractivity contribution in [3.63, 3.8) is 0 Å². The van der Waals surface area contributed by atoms with Crippen LogP contribution in [0, 0.1) is 23.2 Å². The number of nitrogens with zero attached hydrogens (tertiary/aromatic N) is 4. The lowest BCUT2D eigenvalue weighted by molar-refractivity contribution is 0.198. The van der Waals surface area contributed by atoms with Gasteiger partial charge in [-0.15, -0.1) is 0 Å². The molecule has 6 nitrogen and oxygen atoms in total. The van der Waals surface area contributed by atoms with E-state index in [0.717, 1.165) is 56.4 Å². The van der Waals surface area contributed by atoms with Crippen LogP contribution in [-0.4, -0.2) is 32.2 Å². The van der Waals surface area contributed by atoms with Gasteiger partial charge in [-0.2, -0.15) is 5.26 Å². The van der Waals surface area contributed by atoms with Crippen molar-refractivity contribution in [1.29, 1.82) is 5.26 Å². The Labute approximate surface area is 194 Å². The van der Waals surface area contributed by atoms with Gasteiger partial charge in [0.2, 0.25) is 5.88 Å². The summed E-state index contributed by atoms with van der Waals surface area (Å²) < 4.78 is 3.08. The molecule has 6 heteroatoms. The molecule has 170 valence electrons. The molecule has 0 radical (unpaired) electrons. The smallest absolute Gasteiger partial charge is 0.331 e. The predicted octanol–water partition coefficient (Wildman–Crippen LogP) is 4.22. The van der Waals surface area contributed by atoms with Crippen molar-refractivity contribution in [1.82, 2.24) is 14.0 Å². The number of rotatable bonds is 7. The van der Waals surface area contributed by atoms with Crippen LogP contribution in [0.4, 0.5) is 0 Å². The van der Waals surface area contributed by atoms with Gasteiger partial charge in [0, 0.05) is 19.0 Å². The van der Waals surface area contributed by atoms with Crippen molar-refractivity contribution < 1.29 is 5.11 Å². The minimum absolute atomic E-state index is 0.0521. The molecule has 0 spiro atoms. The zero-order chi connectivity index (χ0) is 22.8. The van der Waals surface area contributed by atoms with Crippen molar-refractivity contribution in [2.75, 3.05) is 13.1 Å². The Morgan fingerprint density at radius 2 is 1.70 bits per heavy atom. The molecule has 0 unspecified atom stereocenters. The molecule has 2 fully saturated rings. The molecule has 5 rings (SSSR count). The summed E-state index contributed by atoms with van der Waals surface area (Å²) in [5, 5.41) is 19.3. The van der Waals surface area contributed by atoms with Gasteiger partial charge in [0.25, 0.3) is 0 Å². The maximum absolute atomic E-state index is 12.7. The van der Waals surface area contributed by atoms with Gasteiger partial charge in [0.1, 0.15) is 0 Å². The van der Waals surface area contributed by atoms with Crippen molar-refractivity contribution in [3.05, 3.63) is 76.3 Å². The molecule has 33 heavy (non-hydrogen) atoms. The van der Waals surface area contributed by atoms with Crippen LogP contribution in [0.5, 0.6) is 5.88 Å². The Kier molecular flexibility index (Phi) is 6.06. The third-order valence-corrected chi connectivity index (χ3v) is 6.96. The second-order valence-electron chi connectivity index (χ2n) is 9.49. The number of hydrogen-bond acceptors (Lipinski definition) is 4. The fraction of sp³-hybridized carbons (Fsp3) is 0.407. The molecule has 1 aromatic heterocycles. The second kappa shape index (κ2) is 9.29. The standard InChI is InChI=1S/C27H30N4O2/c28-15-20-11-13-29(14-12-20)18-24-3-1-2-4-25(24)23-9-7-21(8-10-23)16-30-19-26(32)31(27(30)33)17-22-5-6-22/h1-4,7-10,19-20,22,32H,5-6,11-14,16-18H2. The Bertz CT molecular complexity index is 1210. The number of imidazole rings is 1. The van der Waals surface area contributed by atoms with Gasteiger partial charge in [-0.25, -0.2) is 4.79 Å². The topological polar surface area (TPSA) is 74.2 Å². The first-order valence-electron chi connectivity index (χ1n) is 11.9. The maximum atomic E-state index is 12.7. The minimum atomic E-state index is -0.144. The summed E-state index contributed by atoms with van der Waals surface area (Å²) in [6.45, 7) is 3.88. The Morgan fingerprint density at radius 3 is 2.39 bits per heavy atom. The van der Waals surface area contributed by atoms with Crippen molar-refractivity contribution in [3.8, 4) is 23.1 Å². The highest BCUT2D eigenvalue weighted by Gasteiger charge is 2.24. The molecule has 1 aliphatic heterocycles. The highest BCUT2D eigenvalue weighted by molar-refractivity contribution is 5.67. The summed E-state index contributed by atoms with van der Waals surface area (Å²) in [6.07, 6.45) is 5.72. The molecule has 1 saturated carbocycles. The normalized spacial score (nSPS) is 17.2. The SMILES string of the molecule is N#CC1CCN(Cc2ccccc2-c2ccc(Cn3cc(O)n(CC4CC4)c3=O)cc2)CC1. The largest absolute Gasteiger partial charge is 0.493 e. The molecule has 2 aliphatic rings. The monoisotopic (exact) mass is 442 g/mol. The predicted molar refractivity (Wildman–Crippen MR) is 128 cm³/mol. The van der Waals surface area contributed by atoms with Gasteiger partial charge < -0.3 is 5.11 Å². The molecule has 0 bridgehead atoms. The molecule has 2 aromatic carbocycles. The van der Waals surface area contributed by atoms with Gasteiger partial charge >= 0.3 is 5.69 Å². The molecule has 0 amide bonds. The van der Waals surface area contributed by atoms with E-state index in [1.165, 1.54) is 15.7 Å². The maximum Gasteiger partial charge on any atom is 0.331 e. The molecular formula is C27H30N4O2. The van der Waals surface area contributed by atoms with E-state index in [2.05, 4.69) is 59.5 Å². The van der Waals surface area contributed by atoms with E-state index in [1.807, 2.05) is 0 Å². The quantitative estimate of drug-likeness (QED) is 0.595. The zero-order valence-corrected chi connectivity index (χ0v) is 18.9. The first-order chi connectivity index (χ1) is 16.1. The molecule has 0 atom stereocenters. The van der Waals surface area contributed by atoms with Gasteiger partial charge in [0.15, 0.2) is 0 Å². The summed E-state index contributed by atoms with van der Waals surface area (Å²) in [4.78, 5) is 15.1. The molecule has 1 N–H and O–H groups in total. The zero-order valence-electron chi connectivity index (χ0n) is 18.9. The van der Waals surface area contributed by atoms with Crippen LogP contribution in [0.25, 0.3) is 11.1 Å². The number of benzene rings is 2. The average Bonchev–Trinajstić information content (AvgIpc) is 3.63. The molecule has 2 heterocycles. The van der Waals surface area contributed by atoms with Crippen molar-refractivity contribution in [2.45, 2.75) is 45.3 Å². The van der Waals surface area contributed by atoms with Crippen LogP contribution in [0.3, 0.4) is 0 Å². The van der Waals surface area contributed by atoms with Crippen LogP contribution in [0.1, 0.15) is 36.8 Å². The van der Waals surface area contributed by atoms with E-state index < -0.39 is 0 Å². The number of aromatic hydroxyl groups is 1. The first kappa shape index (κ1) is 21.5. The number of hydrogen-bond donors (Lipinski definition) is 1. The van der Waals surface area contributed by atoms with E-state index in [9.17, 15) is 9.90 Å². The minimum Gasteiger partial charge on any atom is -0.493 e. The van der Waals surface area contributed by atoms with Crippen LogP contribution in [0.15, 0.2) is 59.5 Å². The van der Waals surface area contributed by atoms with E-state index in [0.29, 0.717) is 19.0 Å². The lowest BCUT2D eigenvalue weighted by atomic mass is 9.95. The molecule has 3 aromatic rings. The van der Waals surface area contributed by atoms with Crippen molar-refractivity contribution in [2.24, 2.45) is 11.8 Å². The van der Waals surface area contributed by atoms with E-state index in [4.69, 9.17) is 5.26 Å². The lowest BCUT2D eigenvalue weighted by Gasteiger charge is -2.29. The van der Waals surface area contributed by atoms with E-state index in [-0.39, 0.29) is 17.5 Å². The summed E-state index contributed by atoms with van der Waals surface area (Å²) in [5.74, 6) is 0.779. The third-order valence-electron chi connectivity index (χ3n) is 6.96. The van der Waals surface area contributed by atoms with Crippen molar-refractivity contribution >= 4 is 0 Å². The van der Waals surface area contributed by atoms with Gasteiger partial charge in [0.05, 0.1) is 18.8 Å². The van der Waals surface area contributed by atoms with Crippen LogP contribution >= 0.6 is 0 Å². The number of piperidine rings is 1. The number of nitriles is 1. The highest BCUT2D eigenvalue weighted by Crippen LogP contribution is 2.31. The lowest BCUT2D eigenvalue weighted by Crippen LogP contribution is -2.32. The highest BCUT2D eigenvalue weighted by atomic mass is 16.3. The third kappa shape index (κ3) is 4.89. The Balaban J connectivity index is 1.29. The average molecular weight is 443 g/mol. The van der Waals surface area contributed by atoms with E-state index in [1.54, 1.807) is 10.8 Å². The summed E-state index contributed by atoms with van der Waals surface area (Å²) >= 11 is 0. The van der Waals surface area contributed by atoms with Gasteiger partial charge in [-0.05, 0) is 66.9 Å². The number of likely N-dealkylation sites (tertiary alicyclic amines) is 1. The van der Waals surface area contributed by atoms with Crippen LogP contribution in [-0.2, 0) is 19.6 Å². The Hall–Kier alpha value is -3.30. The molecular weight excluding hydrogens is 412 g/mol. The first-order valence-corrected chi connectivity index (χ1v) is 11.9. The van der Waals surface area contributed by atoms with Crippen LogP contribution in [0.2, 0.25) is 0 Å². The number of aromatic nitrogens is 2.